The second-order valence-corrected chi connectivity index (χ2v) is 14.7. The molecule has 1 atom stereocenters. The van der Waals surface area contributed by atoms with E-state index in [0.29, 0.717) is 18.0 Å². The van der Waals surface area contributed by atoms with Gasteiger partial charge in [-0.25, -0.2) is 26.7 Å². The number of benzene rings is 5. The van der Waals surface area contributed by atoms with Crippen molar-refractivity contribution in [3.05, 3.63) is 166 Å². The van der Waals surface area contributed by atoms with Crippen LogP contribution in [-0.4, -0.2) is 29.4 Å². The Morgan fingerprint density at radius 3 is 1.91 bits per heavy atom. The maximum Gasteiger partial charge on any atom is 0.342 e. The number of carbonyl (C=O) groups is 2. The van der Waals surface area contributed by atoms with Crippen molar-refractivity contribution in [1.82, 2.24) is 4.90 Å². The van der Waals surface area contributed by atoms with Gasteiger partial charge in [-0.15, -0.1) is 0 Å². The molecule has 0 aromatic heterocycles. The molecule has 2 aliphatic rings. The van der Waals surface area contributed by atoms with Crippen molar-refractivity contribution in [3.63, 3.8) is 0 Å². The minimum absolute atomic E-state index is 0.0293. The summed E-state index contributed by atoms with van der Waals surface area (Å²) in [5, 5.41) is 0. The zero-order valence-corrected chi connectivity index (χ0v) is 31.4. The third-order valence-electron chi connectivity index (χ3n) is 10.9. The Balaban J connectivity index is 1.22. The molecule has 6 nitrogen and oxygen atoms in total. The highest BCUT2D eigenvalue weighted by Gasteiger charge is 2.37. The standard InChI is InChI=1S/C46H43F5N2O4/c47-40-37(41(48)43(50)44(51)42(40)49)27-52-24-10-17-38(52)45(54)53(26-30-18-20-34(21-19-30)33-15-8-3-9-16-33)35-22-23-36(46(55)57-29-32-13-6-2-7-14-32)39(25-35)56-28-31-11-4-1-5-12-31/h1-2,4-7,11-14,18-23,25,33,38H,3,8-10,15-17,24,26-29H2/t38-/m1/s1. The lowest BCUT2D eigenvalue weighted by Crippen LogP contribution is -2.45. The van der Waals surface area contributed by atoms with Crippen LogP contribution in [-0.2, 0) is 35.8 Å². The van der Waals surface area contributed by atoms with Crippen LogP contribution >= 0.6 is 0 Å². The number of likely N-dealkylation sites (tertiary alicyclic amines) is 1. The molecule has 1 saturated carbocycles. The molecule has 1 aliphatic carbocycles. The number of ether oxygens (including phenoxy) is 2. The van der Waals surface area contributed by atoms with Crippen molar-refractivity contribution in [2.24, 2.45) is 0 Å². The number of hydrogen-bond acceptors (Lipinski definition) is 5. The van der Waals surface area contributed by atoms with Crippen LogP contribution in [0.2, 0.25) is 0 Å². The van der Waals surface area contributed by atoms with Gasteiger partial charge in [0.15, 0.2) is 23.3 Å². The number of carbonyl (C=O) groups excluding carboxylic acids is 2. The van der Waals surface area contributed by atoms with Crippen molar-refractivity contribution in [2.45, 2.75) is 83.2 Å². The lowest BCUT2D eigenvalue weighted by atomic mass is 9.84. The molecule has 57 heavy (non-hydrogen) atoms. The van der Waals surface area contributed by atoms with E-state index in [2.05, 4.69) is 12.1 Å². The normalized spacial score (nSPS) is 16.1. The molecule has 1 aliphatic heterocycles. The summed E-state index contributed by atoms with van der Waals surface area (Å²) in [7, 11) is 0. The van der Waals surface area contributed by atoms with Gasteiger partial charge in [-0.2, -0.15) is 0 Å². The first kappa shape index (κ1) is 39.7. The summed E-state index contributed by atoms with van der Waals surface area (Å²) in [6.45, 7) is -0.243. The monoisotopic (exact) mass is 782 g/mol. The zero-order valence-electron chi connectivity index (χ0n) is 31.4. The second kappa shape index (κ2) is 18.1. The SMILES string of the molecule is O=C(OCc1ccccc1)c1ccc(N(Cc2ccc(C3CCCCC3)cc2)C(=O)[C@H]2CCCN2Cc2c(F)c(F)c(F)c(F)c2F)cc1OCc1ccccc1. The fourth-order valence-corrected chi connectivity index (χ4v) is 7.78. The highest BCUT2D eigenvalue weighted by Crippen LogP contribution is 2.35. The summed E-state index contributed by atoms with van der Waals surface area (Å²) in [6, 6.07) is 30.5. The molecule has 0 bridgehead atoms. The van der Waals surface area contributed by atoms with E-state index in [1.54, 1.807) is 12.1 Å². The number of nitrogens with zero attached hydrogens (tertiary/aromatic N) is 2. The molecule has 5 aromatic rings. The number of rotatable bonds is 13. The van der Waals surface area contributed by atoms with Crippen LogP contribution in [0.3, 0.4) is 0 Å². The van der Waals surface area contributed by atoms with Gasteiger partial charge in [0.05, 0.1) is 12.6 Å². The average molecular weight is 783 g/mol. The number of hydrogen-bond donors (Lipinski definition) is 0. The first-order valence-corrected chi connectivity index (χ1v) is 19.3. The minimum Gasteiger partial charge on any atom is -0.488 e. The van der Waals surface area contributed by atoms with E-state index in [9.17, 15) is 31.5 Å². The van der Waals surface area contributed by atoms with Gasteiger partial charge in [-0.3, -0.25) is 9.69 Å². The Morgan fingerprint density at radius 2 is 1.26 bits per heavy atom. The number of anilines is 1. The van der Waals surface area contributed by atoms with Crippen molar-refractivity contribution in [2.75, 3.05) is 11.4 Å². The van der Waals surface area contributed by atoms with Crippen LogP contribution in [0.5, 0.6) is 5.75 Å². The van der Waals surface area contributed by atoms with Gasteiger partial charge in [0.1, 0.15) is 24.5 Å². The van der Waals surface area contributed by atoms with Gasteiger partial charge in [-0.05, 0) is 72.5 Å². The number of halogens is 5. The molecule has 2 fully saturated rings. The van der Waals surface area contributed by atoms with Gasteiger partial charge in [0.25, 0.3) is 0 Å². The predicted octanol–water partition coefficient (Wildman–Crippen LogP) is 10.6. The van der Waals surface area contributed by atoms with Crippen LogP contribution in [0, 0.1) is 29.1 Å². The smallest absolute Gasteiger partial charge is 0.342 e. The topological polar surface area (TPSA) is 59.1 Å². The van der Waals surface area contributed by atoms with Crippen molar-refractivity contribution in [3.8, 4) is 5.75 Å². The molecule has 1 heterocycles. The average Bonchev–Trinajstić information content (AvgIpc) is 3.73. The molecule has 0 unspecified atom stereocenters. The van der Waals surface area contributed by atoms with Crippen LogP contribution in [0.4, 0.5) is 27.6 Å². The van der Waals surface area contributed by atoms with E-state index in [1.807, 2.05) is 72.8 Å². The largest absolute Gasteiger partial charge is 0.488 e. The third kappa shape index (κ3) is 9.20. The molecule has 7 rings (SSSR count). The molecule has 5 aromatic carbocycles. The molecular formula is C46H43F5N2O4. The number of esters is 1. The van der Waals surface area contributed by atoms with E-state index in [1.165, 1.54) is 40.7 Å². The summed E-state index contributed by atoms with van der Waals surface area (Å²) in [5.74, 6) is -10.6. The van der Waals surface area contributed by atoms with Crippen LogP contribution < -0.4 is 9.64 Å². The Hall–Kier alpha value is -5.55. The van der Waals surface area contributed by atoms with Crippen molar-refractivity contribution >= 4 is 17.6 Å². The summed E-state index contributed by atoms with van der Waals surface area (Å²) >= 11 is 0. The Kier molecular flexibility index (Phi) is 12.6. The van der Waals surface area contributed by atoms with E-state index in [0.717, 1.165) is 29.5 Å². The van der Waals surface area contributed by atoms with Crippen molar-refractivity contribution < 1.29 is 41.0 Å². The first-order valence-electron chi connectivity index (χ1n) is 19.3. The van der Waals surface area contributed by atoms with E-state index < -0.39 is 59.1 Å². The van der Waals surface area contributed by atoms with E-state index in [4.69, 9.17) is 9.47 Å². The van der Waals surface area contributed by atoms with Gasteiger partial charge < -0.3 is 14.4 Å². The molecule has 0 spiro atoms. The first-order chi connectivity index (χ1) is 27.7. The number of amides is 1. The predicted molar refractivity (Wildman–Crippen MR) is 206 cm³/mol. The summed E-state index contributed by atoms with van der Waals surface area (Å²) < 4.78 is 83.9. The lowest BCUT2D eigenvalue weighted by molar-refractivity contribution is -0.123. The Morgan fingerprint density at radius 1 is 0.649 bits per heavy atom. The highest BCUT2D eigenvalue weighted by molar-refractivity contribution is 5.99. The van der Waals surface area contributed by atoms with Gasteiger partial charge in [-0.1, -0.05) is 104 Å². The quantitative estimate of drug-likeness (QED) is 0.0515. The molecule has 1 amide bonds. The molecule has 0 N–H and O–H groups in total. The minimum atomic E-state index is -2.24. The molecule has 1 saturated heterocycles. The van der Waals surface area contributed by atoms with Crippen molar-refractivity contribution in [1.29, 1.82) is 0 Å². The summed E-state index contributed by atoms with van der Waals surface area (Å²) in [5.41, 5.74) is 3.21. The lowest BCUT2D eigenvalue weighted by Gasteiger charge is -2.31. The molecule has 11 heteroatoms. The molecule has 296 valence electrons. The Labute approximate surface area is 328 Å². The second-order valence-electron chi connectivity index (χ2n) is 14.7. The van der Waals surface area contributed by atoms with Crippen LogP contribution in [0.25, 0.3) is 0 Å². The van der Waals surface area contributed by atoms with Gasteiger partial charge in [0, 0.05) is 23.9 Å². The summed E-state index contributed by atoms with van der Waals surface area (Å²) in [4.78, 5) is 31.3. The summed E-state index contributed by atoms with van der Waals surface area (Å²) in [6.07, 6.45) is 6.58. The maximum absolute atomic E-state index is 14.9. The third-order valence-corrected chi connectivity index (χ3v) is 10.9. The Bertz CT molecular complexity index is 2150. The fraction of sp³-hybridized carbons (Fsp3) is 0.304. The zero-order chi connectivity index (χ0) is 39.9. The van der Waals surface area contributed by atoms with Gasteiger partial charge in [0.2, 0.25) is 11.7 Å². The maximum atomic E-state index is 14.9. The van der Waals surface area contributed by atoms with E-state index >= 15 is 0 Å². The fourth-order valence-electron chi connectivity index (χ4n) is 7.78. The highest BCUT2D eigenvalue weighted by atomic mass is 19.2. The van der Waals surface area contributed by atoms with E-state index in [-0.39, 0.29) is 44.0 Å². The molecule has 0 radical (unpaired) electrons. The van der Waals surface area contributed by atoms with Crippen LogP contribution in [0.15, 0.2) is 103 Å². The molecular weight excluding hydrogens is 740 g/mol. The van der Waals surface area contributed by atoms with Crippen LogP contribution in [0.1, 0.15) is 89.0 Å². The van der Waals surface area contributed by atoms with Gasteiger partial charge >= 0.3 is 5.97 Å².